The van der Waals surface area contributed by atoms with Crippen molar-refractivity contribution >= 4 is 46.1 Å². The molecule has 7 nitrogen and oxygen atoms in total. The Morgan fingerprint density at radius 1 is 1.15 bits per heavy atom. The van der Waals surface area contributed by atoms with Gasteiger partial charge in [0.15, 0.2) is 0 Å². The van der Waals surface area contributed by atoms with Crippen LogP contribution in [0.3, 0.4) is 0 Å². The second-order valence-corrected chi connectivity index (χ2v) is 8.81. The molecule has 178 valence electrons. The summed E-state index contributed by atoms with van der Waals surface area (Å²) in [7, 11) is 1.31. The minimum atomic E-state index is -0.549. The molecule has 1 aromatic heterocycles. The minimum absolute atomic E-state index is 0.177. The van der Waals surface area contributed by atoms with Gasteiger partial charge in [0.05, 0.1) is 18.8 Å². The molecule has 34 heavy (non-hydrogen) atoms. The second-order valence-electron chi connectivity index (χ2n) is 8.37. The number of ether oxygens (including phenoxy) is 1. The molecule has 1 aliphatic rings. The van der Waals surface area contributed by atoms with E-state index in [0.29, 0.717) is 21.6 Å². The van der Waals surface area contributed by atoms with E-state index in [0.717, 1.165) is 32.7 Å². The van der Waals surface area contributed by atoms with Gasteiger partial charge in [-0.3, -0.25) is 14.6 Å². The van der Waals surface area contributed by atoms with Crippen molar-refractivity contribution in [3.05, 3.63) is 70.9 Å². The summed E-state index contributed by atoms with van der Waals surface area (Å²) < 4.78 is 4.89. The fraction of sp³-hybridized carbons (Fsp3) is 0.308. The summed E-state index contributed by atoms with van der Waals surface area (Å²) >= 11 is 6.16. The SMILES string of the molecule is COC(=O)c1[nH]c2ccc(Cl)cc2c1NC(=O)[C@@H](C)N1CCN(C/C=C/c2ccccc2)CC1. The van der Waals surface area contributed by atoms with Crippen LogP contribution in [0.25, 0.3) is 17.0 Å². The maximum atomic E-state index is 13.1. The molecule has 1 atom stereocenters. The highest BCUT2D eigenvalue weighted by Crippen LogP contribution is 2.31. The van der Waals surface area contributed by atoms with E-state index in [4.69, 9.17) is 16.3 Å². The summed E-state index contributed by atoms with van der Waals surface area (Å²) in [5, 5.41) is 4.13. The van der Waals surface area contributed by atoms with Gasteiger partial charge in [0, 0.05) is 48.6 Å². The maximum Gasteiger partial charge on any atom is 0.356 e. The van der Waals surface area contributed by atoms with Crippen molar-refractivity contribution in [1.29, 1.82) is 0 Å². The van der Waals surface area contributed by atoms with E-state index in [1.54, 1.807) is 18.2 Å². The average molecular weight is 481 g/mol. The second kappa shape index (κ2) is 10.9. The van der Waals surface area contributed by atoms with E-state index >= 15 is 0 Å². The van der Waals surface area contributed by atoms with Crippen molar-refractivity contribution in [1.82, 2.24) is 14.8 Å². The number of aromatic amines is 1. The highest BCUT2D eigenvalue weighted by atomic mass is 35.5. The van der Waals surface area contributed by atoms with Crippen molar-refractivity contribution < 1.29 is 14.3 Å². The van der Waals surface area contributed by atoms with Crippen LogP contribution in [-0.4, -0.2) is 72.5 Å². The van der Waals surface area contributed by atoms with Crippen LogP contribution in [0.15, 0.2) is 54.6 Å². The average Bonchev–Trinajstić information content (AvgIpc) is 3.21. The van der Waals surface area contributed by atoms with E-state index in [1.165, 1.54) is 12.7 Å². The van der Waals surface area contributed by atoms with Crippen molar-refractivity contribution in [3.8, 4) is 0 Å². The smallest absolute Gasteiger partial charge is 0.356 e. The molecule has 1 aliphatic heterocycles. The molecule has 2 heterocycles. The summed E-state index contributed by atoms with van der Waals surface area (Å²) in [6.45, 7) is 6.11. The Morgan fingerprint density at radius 2 is 1.88 bits per heavy atom. The van der Waals surface area contributed by atoms with Crippen LogP contribution < -0.4 is 5.32 Å². The number of aromatic nitrogens is 1. The topological polar surface area (TPSA) is 77.7 Å². The number of halogens is 1. The van der Waals surface area contributed by atoms with E-state index in [2.05, 4.69) is 44.4 Å². The largest absolute Gasteiger partial charge is 0.464 e. The lowest BCUT2D eigenvalue weighted by atomic mass is 10.1. The van der Waals surface area contributed by atoms with E-state index < -0.39 is 5.97 Å². The van der Waals surface area contributed by atoms with E-state index in [-0.39, 0.29) is 17.6 Å². The first-order chi connectivity index (χ1) is 16.5. The Bertz CT molecular complexity index is 1180. The van der Waals surface area contributed by atoms with Gasteiger partial charge in [-0.1, -0.05) is 54.1 Å². The number of rotatable bonds is 7. The van der Waals surface area contributed by atoms with Crippen LogP contribution in [0.1, 0.15) is 23.0 Å². The van der Waals surface area contributed by atoms with Crippen molar-refractivity contribution in [2.75, 3.05) is 45.2 Å². The number of esters is 1. The zero-order valence-corrected chi connectivity index (χ0v) is 20.1. The van der Waals surface area contributed by atoms with Gasteiger partial charge in [-0.2, -0.15) is 0 Å². The Hall–Kier alpha value is -3.13. The normalized spacial score (nSPS) is 16.1. The third-order valence-electron chi connectivity index (χ3n) is 6.21. The van der Waals surface area contributed by atoms with Crippen LogP contribution in [0, 0.1) is 0 Å². The predicted octanol–water partition coefficient (Wildman–Crippen LogP) is 4.27. The van der Waals surface area contributed by atoms with Crippen LogP contribution >= 0.6 is 11.6 Å². The van der Waals surface area contributed by atoms with Gasteiger partial charge in [-0.25, -0.2) is 4.79 Å². The number of nitrogens with one attached hydrogen (secondary N) is 2. The summed E-state index contributed by atoms with van der Waals surface area (Å²) in [6.07, 6.45) is 4.31. The number of piperazine rings is 1. The van der Waals surface area contributed by atoms with Crippen LogP contribution in [0.4, 0.5) is 5.69 Å². The minimum Gasteiger partial charge on any atom is -0.464 e. The zero-order chi connectivity index (χ0) is 24.1. The lowest BCUT2D eigenvalue weighted by Gasteiger charge is -2.37. The molecule has 0 bridgehead atoms. The Labute approximate surface area is 204 Å². The number of nitrogens with zero attached hydrogens (tertiary/aromatic N) is 2. The highest BCUT2D eigenvalue weighted by Gasteiger charge is 2.27. The number of fused-ring (bicyclic) bond motifs is 1. The summed E-state index contributed by atoms with van der Waals surface area (Å²) in [6, 6.07) is 15.1. The molecule has 0 spiro atoms. The van der Waals surface area contributed by atoms with Gasteiger partial charge >= 0.3 is 5.97 Å². The van der Waals surface area contributed by atoms with Gasteiger partial charge in [-0.15, -0.1) is 0 Å². The molecule has 1 saturated heterocycles. The predicted molar refractivity (Wildman–Crippen MR) is 136 cm³/mol. The fourth-order valence-electron chi connectivity index (χ4n) is 4.18. The number of benzene rings is 2. The molecule has 0 unspecified atom stereocenters. The number of amides is 1. The lowest BCUT2D eigenvalue weighted by Crippen LogP contribution is -2.52. The molecule has 0 saturated carbocycles. The molecule has 8 heteroatoms. The maximum absolute atomic E-state index is 13.1. The fourth-order valence-corrected chi connectivity index (χ4v) is 4.35. The quantitative estimate of drug-likeness (QED) is 0.494. The Morgan fingerprint density at radius 3 is 2.59 bits per heavy atom. The van der Waals surface area contributed by atoms with Crippen LogP contribution in [-0.2, 0) is 9.53 Å². The van der Waals surface area contributed by atoms with E-state index in [1.807, 2.05) is 25.1 Å². The number of carbonyl (C=O) groups is 2. The molecular weight excluding hydrogens is 452 g/mol. The van der Waals surface area contributed by atoms with E-state index in [9.17, 15) is 9.59 Å². The van der Waals surface area contributed by atoms with Gasteiger partial charge in [-0.05, 0) is 30.7 Å². The summed E-state index contributed by atoms with van der Waals surface area (Å²) in [5.74, 6) is -0.726. The summed E-state index contributed by atoms with van der Waals surface area (Å²) in [5.41, 5.74) is 2.49. The molecule has 0 aliphatic carbocycles. The number of carbonyl (C=O) groups excluding carboxylic acids is 2. The number of anilines is 1. The zero-order valence-electron chi connectivity index (χ0n) is 19.4. The molecule has 4 rings (SSSR count). The van der Waals surface area contributed by atoms with Crippen LogP contribution in [0.5, 0.6) is 0 Å². The molecule has 3 aromatic rings. The molecule has 0 radical (unpaired) electrons. The van der Waals surface area contributed by atoms with Crippen molar-refractivity contribution in [2.24, 2.45) is 0 Å². The monoisotopic (exact) mass is 480 g/mol. The lowest BCUT2D eigenvalue weighted by molar-refractivity contribution is -0.121. The standard InChI is InChI=1S/C26H29ClN4O3/c1-18(31-15-13-30(14-16-31)12-6-9-19-7-4-3-5-8-19)25(32)29-23-21-17-20(27)10-11-22(21)28-24(23)26(33)34-2/h3-11,17-18,28H,12-16H2,1-2H3,(H,29,32)/b9-6+/t18-/m1/s1. The first-order valence-electron chi connectivity index (χ1n) is 11.3. The first kappa shape index (κ1) is 24.0. The Kier molecular flexibility index (Phi) is 7.67. The van der Waals surface area contributed by atoms with Crippen LogP contribution in [0.2, 0.25) is 5.02 Å². The van der Waals surface area contributed by atoms with Crippen molar-refractivity contribution in [3.63, 3.8) is 0 Å². The molecule has 2 N–H and O–H groups in total. The number of hydrogen-bond acceptors (Lipinski definition) is 5. The number of methoxy groups -OCH3 is 1. The molecule has 1 amide bonds. The Balaban J connectivity index is 1.37. The number of hydrogen-bond donors (Lipinski definition) is 2. The molecule has 2 aromatic carbocycles. The molecular formula is C26H29ClN4O3. The first-order valence-corrected chi connectivity index (χ1v) is 11.7. The van der Waals surface area contributed by atoms with Gasteiger partial charge in [0.2, 0.25) is 5.91 Å². The highest BCUT2D eigenvalue weighted by molar-refractivity contribution is 6.31. The van der Waals surface area contributed by atoms with Gasteiger partial charge in [0.25, 0.3) is 0 Å². The number of H-pyrrole nitrogens is 1. The van der Waals surface area contributed by atoms with Crippen molar-refractivity contribution in [2.45, 2.75) is 13.0 Å². The van der Waals surface area contributed by atoms with Gasteiger partial charge < -0.3 is 15.0 Å². The molecule has 1 fully saturated rings. The third-order valence-corrected chi connectivity index (χ3v) is 6.44. The third kappa shape index (κ3) is 5.50. The summed E-state index contributed by atoms with van der Waals surface area (Å²) in [4.78, 5) is 33.0. The van der Waals surface area contributed by atoms with Gasteiger partial charge in [0.1, 0.15) is 5.69 Å².